The molecule has 1 fully saturated rings. The van der Waals surface area contributed by atoms with Crippen LogP contribution in [-0.4, -0.2) is 23.1 Å². The van der Waals surface area contributed by atoms with Crippen LogP contribution in [0, 0.1) is 5.92 Å². The molecule has 0 atom stereocenters. The Morgan fingerprint density at radius 2 is 1.92 bits per heavy atom. The maximum Gasteiger partial charge on any atom is 0.314 e. The van der Waals surface area contributed by atoms with Gasteiger partial charge in [0.15, 0.2) is 0 Å². The molecule has 5 nitrogen and oxygen atoms in total. The van der Waals surface area contributed by atoms with Crippen LogP contribution in [0.15, 0.2) is 48.5 Å². The summed E-state index contributed by atoms with van der Waals surface area (Å²) in [5.41, 5.74) is 0.863. The maximum atomic E-state index is 12.3. The number of rotatable bonds is 8. The number of esters is 2. The lowest BCUT2D eigenvalue weighted by Crippen LogP contribution is -2.28. The summed E-state index contributed by atoms with van der Waals surface area (Å²) in [5, 5.41) is 8.70. The molecule has 0 spiro atoms. The molecule has 0 amide bonds. The Bertz CT molecular complexity index is 548. The van der Waals surface area contributed by atoms with Gasteiger partial charge in [-0.1, -0.05) is 25.2 Å². The summed E-state index contributed by atoms with van der Waals surface area (Å²) in [5.74, 6) is -0.358. The smallest absolute Gasteiger partial charge is 0.314 e. The molecular formula is C20H28O5. The topological polar surface area (TPSA) is 72.8 Å². The second-order valence-electron chi connectivity index (χ2n) is 6.08. The molecule has 1 N–H and O–H groups in total. The zero-order chi connectivity index (χ0) is 18.7. The van der Waals surface area contributed by atoms with E-state index in [-0.39, 0.29) is 30.4 Å². The summed E-state index contributed by atoms with van der Waals surface area (Å²) in [4.78, 5) is 24.1. The van der Waals surface area contributed by atoms with E-state index in [9.17, 15) is 9.59 Å². The summed E-state index contributed by atoms with van der Waals surface area (Å²) in [6.45, 7) is 7.59. The van der Waals surface area contributed by atoms with Crippen molar-refractivity contribution in [3.63, 3.8) is 0 Å². The van der Waals surface area contributed by atoms with Gasteiger partial charge in [0.1, 0.15) is 11.9 Å². The average molecular weight is 348 g/mol. The fraction of sp³-hybridized carbons (Fsp3) is 0.500. The standard InChI is InChI=1S/C20H28O5/c1-4-7-17(8-6-13-21)25-20(23)16-9-11-18(12-10-16)24-19(22)14-15(3)5-2/h4,6-8,13,16,18,21H,3,5,9-12,14H2,1-2H3/b7-4-,13-6+,17-8+. The van der Waals surface area contributed by atoms with Crippen LogP contribution in [0.25, 0.3) is 0 Å². The van der Waals surface area contributed by atoms with Crippen molar-refractivity contribution in [3.8, 4) is 0 Å². The van der Waals surface area contributed by atoms with E-state index in [1.807, 2.05) is 13.8 Å². The van der Waals surface area contributed by atoms with Gasteiger partial charge < -0.3 is 14.6 Å². The van der Waals surface area contributed by atoms with Crippen LogP contribution < -0.4 is 0 Å². The third-order valence-electron chi connectivity index (χ3n) is 4.10. The van der Waals surface area contributed by atoms with E-state index in [1.165, 1.54) is 12.2 Å². The van der Waals surface area contributed by atoms with Crippen molar-refractivity contribution in [1.82, 2.24) is 0 Å². The molecule has 0 aromatic rings. The number of ether oxygens (including phenoxy) is 2. The Kier molecular flexibility index (Phi) is 9.37. The summed E-state index contributed by atoms with van der Waals surface area (Å²) in [6, 6.07) is 0. The minimum atomic E-state index is -0.292. The highest BCUT2D eigenvalue weighted by molar-refractivity contribution is 5.74. The fourth-order valence-electron chi connectivity index (χ4n) is 2.60. The van der Waals surface area contributed by atoms with Crippen LogP contribution in [0.2, 0.25) is 0 Å². The number of aliphatic hydroxyl groups is 1. The molecule has 138 valence electrons. The predicted octanol–water partition coefficient (Wildman–Crippen LogP) is 4.52. The summed E-state index contributed by atoms with van der Waals surface area (Å²) < 4.78 is 10.8. The second kappa shape index (κ2) is 11.3. The van der Waals surface area contributed by atoms with Crippen molar-refractivity contribution in [2.24, 2.45) is 5.92 Å². The number of aliphatic hydroxyl groups excluding tert-OH is 1. The molecule has 0 aromatic carbocycles. The van der Waals surface area contributed by atoms with Crippen molar-refractivity contribution < 1.29 is 24.2 Å². The zero-order valence-corrected chi connectivity index (χ0v) is 15.1. The van der Waals surface area contributed by atoms with Crippen LogP contribution in [0.4, 0.5) is 0 Å². The number of carbonyl (C=O) groups is 2. The van der Waals surface area contributed by atoms with Gasteiger partial charge in [-0.15, -0.1) is 0 Å². The second-order valence-corrected chi connectivity index (χ2v) is 6.08. The highest BCUT2D eigenvalue weighted by atomic mass is 16.5. The molecule has 25 heavy (non-hydrogen) atoms. The summed E-state index contributed by atoms with van der Waals surface area (Å²) >= 11 is 0. The van der Waals surface area contributed by atoms with Gasteiger partial charge in [-0.05, 0) is 57.3 Å². The van der Waals surface area contributed by atoms with E-state index in [0.717, 1.165) is 18.3 Å². The maximum absolute atomic E-state index is 12.3. The fourth-order valence-corrected chi connectivity index (χ4v) is 2.60. The first-order valence-corrected chi connectivity index (χ1v) is 8.71. The number of hydrogen-bond acceptors (Lipinski definition) is 5. The lowest BCUT2D eigenvalue weighted by atomic mass is 9.87. The van der Waals surface area contributed by atoms with Gasteiger partial charge in [0.05, 0.1) is 18.6 Å². The van der Waals surface area contributed by atoms with Gasteiger partial charge in [-0.25, -0.2) is 0 Å². The van der Waals surface area contributed by atoms with E-state index in [1.54, 1.807) is 12.2 Å². The Hall–Kier alpha value is -2.30. The first kappa shape index (κ1) is 20.7. The van der Waals surface area contributed by atoms with Crippen molar-refractivity contribution in [2.75, 3.05) is 0 Å². The van der Waals surface area contributed by atoms with Gasteiger partial charge in [0.2, 0.25) is 0 Å². The molecule has 0 heterocycles. The molecule has 0 saturated heterocycles. The SMILES string of the molecule is C=C(CC)CC(=O)OC1CCC(C(=O)OC(/C=C\C)=C/C=C/O)CC1. The van der Waals surface area contributed by atoms with E-state index in [4.69, 9.17) is 14.6 Å². The van der Waals surface area contributed by atoms with Crippen LogP contribution >= 0.6 is 0 Å². The number of carbonyl (C=O) groups excluding carboxylic acids is 2. The van der Waals surface area contributed by atoms with E-state index in [0.29, 0.717) is 31.4 Å². The van der Waals surface area contributed by atoms with Crippen LogP contribution in [0.3, 0.4) is 0 Å². The Balaban J connectivity index is 2.46. The summed E-state index contributed by atoms with van der Waals surface area (Å²) in [6.07, 6.45) is 10.7. The highest BCUT2D eigenvalue weighted by Gasteiger charge is 2.29. The van der Waals surface area contributed by atoms with Crippen LogP contribution in [-0.2, 0) is 19.1 Å². The monoisotopic (exact) mass is 348 g/mol. The Morgan fingerprint density at radius 3 is 2.48 bits per heavy atom. The van der Waals surface area contributed by atoms with Crippen molar-refractivity contribution >= 4 is 11.9 Å². The minimum absolute atomic E-state index is 0.135. The molecule has 1 aliphatic rings. The highest BCUT2D eigenvalue weighted by Crippen LogP contribution is 2.28. The zero-order valence-electron chi connectivity index (χ0n) is 15.1. The first-order chi connectivity index (χ1) is 12.0. The number of hydrogen-bond donors (Lipinski definition) is 1. The van der Waals surface area contributed by atoms with Gasteiger partial charge in [0.25, 0.3) is 0 Å². The molecule has 1 aliphatic carbocycles. The largest absolute Gasteiger partial charge is 0.516 e. The molecular weight excluding hydrogens is 320 g/mol. The third kappa shape index (κ3) is 7.88. The van der Waals surface area contributed by atoms with Gasteiger partial charge in [0, 0.05) is 0 Å². The van der Waals surface area contributed by atoms with Crippen molar-refractivity contribution in [2.45, 2.75) is 58.5 Å². The number of allylic oxidation sites excluding steroid dienone is 4. The van der Waals surface area contributed by atoms with Gasteiger partial charge in [-0.3, -0.25) is 9.59 Å². The lowest BCUT2D eigenvalue weighted by Gasteiger charge is -2.27. The first-order valence-electron chi connectivity index (χ1n) is 8.71. The van der Waals surface area contributed by atoms with Crippen molar-refractivity contribution in [3.05, 3.63) is 48.5 Å². The average Bonchev–Trinajstić information content (AvgIpc) is 2.60. The molecule has 0 aromatic heterocycles. The van der Waals surface area contributed by atoms with Gasteiger partial charge in [-0.2, -0.15) is 0 Å². The molecule has 0 bridgehead atoms. The minimum Gasteiger partial charge on any atom is -0.516 e. The van der Waals surface area contributed by atoms with E-state index < -0.39 is 0 Å². The lowest BCUT2D eigenvalue weighted by molar-refractivity contribution is -0.152. The molecule has 0 unspecified atom stereocenters. The third-order valence-corrected chi connectivity index (χ3v) is 4.10. The van der Waals surface area contributed by atoms with E-state index in [2.05, 4.69) is 6.58 Å². The van der Waals surface area contributed by atoms with Crippen LogP contribution in [0.5, 0.6) is 0 Å². The quantitative estimate of drug-likeness (QED) is 0.302. The molecule has 0 radical (unpaired) electrons. The van der Waals surface area contributed by atoms with Crippen molar-refractivity contribution in [1.29, 1.82) is 0 Å². The molecule has 1 rings (SSSR count). The molecule has 1 saturated carbocycles. The Morgan fingerprint density at radius 1 is 1.24 bits per heavy atom. The predicted molar refractivity (Wildman–Crippen MR) is 96.6 cm³/mol. The van der Waals surface area contributed by atoms with Crippen LogP contribution in [0.1, 0.15) is 52.4 Å². The molecule has 5 heteroatoms. The van der Waals surface area contributed by atoms with E-state index >= 15 is 0 Å². The summed E-state index contributed by atoms with van der Waals surface area (Å²) in [7, 11) is 0. The Labute approximate surface area is 149 Å². The molecule has 0 aliphatic heterocycles. The normalized spacial score (nSPS) is 21.4. The van der Waals surface area contributed by atoms with Gasteiger partial charge >= 0.3 is 11.9 Å².